The molecule has 2 fully saturated rings. The summed E-state index contributed by atoms with van der Waals surface area (Å²) in [6.45, 7) is 1.65. The Morgan fingerprint density at radius 3 is 2.52 bits per heavy atom. The van der Waals surface area contributed by atoms with Gasteiger partial charge in [-0.3, -0.25) is 14.9 Å². The van der Waals surface area contributed by atoms with Gasteiger partial charge in [-0.15, -0.1) is 0 Å². The van der Waals surface area contributed by atoms with Crippen LogP contribution in [-0.2, 0) is 12.0 Å². The number of benzene rings is 1. The molecule has 4 heterocycles. The Morgan fingerprint density at radius 1 is 1.03 bits per heavy atom. The highest BCUT2D eigenvalue weighted by atomic mass is 16.1. The Labute approximate surface area is 190 Å². The maximum atomic E-state index is 13.2. The van der Waals surface area contributed by atoms with Crippen LogP contribution in [0.25, 0.3) is 11.0 Å². The van der Waals surface area contributed by atoms with E-state index in [1.165, 1.54) is 11.1 Å². The third-order valence-electron chi connectivity index (χ3n) is 8.33. The van der Waals surface area contributed by atoms with E-state index in [9.17, 15) is 4.79 Å². The van der Waals surface area contributed by atoms with Gasteiger partial charge in [-0.25, -0.2) is 0 Å². The number of piperidine rings is 1. The minimum Gasteiger partial charge on any atom is -0.343 e. The Balaban J connectivity index is 1.17. The first-order chi connectivity index (χ1) is 16.1. The Bertz CT molecular complexity index is 1400. The van der Waals surface area contributed by atoms with Crippen molar-refractivity contribution < 1.29 is 0 Å². The van der Waals surface area contributed by atoms with Crippen molar-refractivity contribution in [2.75, 3.05) is 18.0 Å². The largest absolute Gasteiger partial charge is 0.343 e. The highest BCUT2D eigenvalue weighted by Crippen LogP contribution is 2.51. The second-order valence-corrected chi connectivity index (χ2v) is 10.0. The van der Waals surface area contributed by atoms with Gasteiger partial charge in [0, 0.05) is 31.5 Å². The van der Waals surface area contributed by atoms with E-state index in [-0.39, 0.29) is 22.6 Å². The molecule has 7 rings (SSSR count). The molecule has 4 aromatic rings. The lowest BCUT2D eigenvalue weighted by Gasteiger charge is -2.42. The van der Waals surface area contributed by atoms with E-state index in [2.05, 4.69) is 48.9 Å². The third-order valence-corrected chi connectivity index (χ3v) is 8.33. The second kappa shape index (κ2) is 6.57. The van der Waals surface area contributed by atoms with E-state index >= 15 is 0 Å². The van der Waals surface area contributed by atoms with Crippen LogP contribution in [0.5, 0.6) is 0 Å². The molecule has 1 spiro atoms. The van der Waals surface area contributed by atoms with Gasteiger partial charge >= 0.3 is 0 Å². The average Bonchev–Trinajstić information content (AvgIpc) is 3.17. The lowest BCUT2D eigenvalue weighted by Crippen LogP contribution is -2.45. The van der Waals surface area contributed by atoms with Crippen molar-refractivity contribution in [2.24, 2.45) is 11.1 Å². The minimum atomic E-state index is -0.233. The van der Waals surface area contributed by atoms with E-state index in [1.54, 1.807) is 0 Å². The quantitative estimate of drug-likeness (QED) is 0.453. The Morgan fingerprint density at radius 2 is 1.79 bits per heavy atom. The zero-order valence-corrected chi connectivity index (χ0v) is 18.4. The minimum absolute atomic E-state index is 0.0731. The molecule has 8 nitrogen and oxygen atoms in total. The van der Waals surface area contributed by atoms with Crippen LogP contribution < -0.4 is 16.2 Å². The number of fused-ring (bicyclic) bond motifs is 2. The van der Waals surface area contributed by atoms with Gasteiger partial charge in [0.2, 0.25) is 5.95 Å². The summed E-state index contributed by atoms with van der Waals surface area (Å²) >= 11 is 0. The zero-order valence-electron chi connectivity index (χ0n) is 18.4. The van der Waals surface area contributed by atoms with Crippen LogP contribution in [0.2, 0.25) is 0 Å². The molecule has 4 N–H and O–H groups in total. The number of aromatic nitrogens is 5. The summed E-state index contributed by atoms with van der Waals surface area (Å²) < 4.78 is 2.16. The van der Waals surface area contributed by atoms with E-state index in [1.807, 2.05) is 24.5 Å². The predicted molar refractivity (Wildman–Crippen MR) is 126 cm³/mol. The smallest absolute Gasteiger partial charge is 0.263 e. The highest BCUT2D eigenvalue weighted by Gasteiger charge is 2.50. The summed E-state index contributed by atoms with van der Waals surface area (Å²) in [6.07, 6.45) is 9.02. The monoisotopic (exact) mass is 441 g/mol. The normalized spacial score (nSPS) is 22.7. The molecule has 168 valence electrons. The van der Waals surface area contributed by atoms with E-state index in [0.717, 1.165) is 50.9 Å². The molecule has 8 heteroatoms. The first-order valence-electron chi connectivity index (χ1n) is 11.8. The Hall–Kier alpha value is -3.39. The molecule has 1 atom stereocenters. The standard InChI is InChI=1S/C25H27N7O/c26-19-17-6-2-1-5-16(17)15-24(19)9-13-31(14-10-24)23-27-21-18(22(33)28-23)20(29-30-21)25(7-8-25)32-11-3-4-12-32/h1-6,11-12,19H,7-10,13-15,26H2,(H2,27,28,29,30,33)/t19-/m1/s1. The summed E-state index contributed by atoms with van der Waals surface area (Å²) in [5.41, 5.74) is 10.5. The first-order valence-corrected chi connectivity index (χ1v) is 11.8. The average molecular weight is 442 g/mol. The summed E-state index contributed by atoms with van der Waals surface area (Å²) in [7, 11) is 0. The molecular weight excluding hydrogens is 414 g/mol. The van der Waals surface area contributed by atoms with E-state index < -0.39 is 0 Å². The number of hydrogen-bond donors (Lipinski definition) is 3. The first kappa shape index (κ1) is 19.1. The molecule has 1 aliphatic heterocycles. The number of nitrogens with two attached hydrogens (primary N) is 1. The number of aromatic amines is 2. The van der Waals surface area contributed by atoms with Crippen LogP contribution in [0.1, 0.15) is 48.5 Å². The van der Waals surface area contributed by atoms with Gasteiger partial charge in [0.15, 0.2) is 5.65 Å². The van der Waals surface area contributed by atoms with E-state index in [0.29, 0.717) is 17.0 Å². The van der Waals surface area contributed by atoms with Crippen LogP contribution in [0, 0.1) is 5.41 Å². The van der Waals surface area contributed by atoms with Crippen LogP contribution >= 0.6 is 0 Å². The highest BCUT2D eigenvalue weighted by molar-refractivity contribution is 5.79. The molecule has 0 amide bonds. The zero-order chi connectivity index (χ0) is 22.2. The molecule has 1 saturated carbocycles. The van der Waals surface area contributed by atoms with Crippen LogP contribution in [0.4, 0.5) is 5.95 Å². The van der Waals surface area contributed by atoms with Crippen molar-refractivity contribution in [3.8, 4) is 0 Å². The number of anilines is 1. The molecule has 0 unspecified atom stereocenters. The van der Waals surface area contributed by atoms with Gasteiger partial charge in [0.1, 0.15) is 11.1 Å². The Kier molecular flexibility index (Phi) is 3.81. The third kappa shape index (κ3) is 2.64. The lowest BCUT2D eigenvalue weighted by atomic mass is 9.73. The summed E-state index contributed by atoms with van der Waals surface area (Å²) in [5, 5.41) is 8.18. The number of nitrogens with zero attached hydrogens (tertiary/aromatic N) is 4. The van der Waals surface area contributed by atoms with Crippen LogP contribution in [-0.4, -0.2) is 37.8 Å². The molecule has 0 radical (unpaired) electrons. The van der Waals surface area contributed by atoms with Crippen LogP contribution in [0.3, 0.4) is 0 Å². The van der Waals surface area contributed by atoms with Crippen LogP contribution in [0.15, 0.2) is 53.6 Å². The van der Waals surface area contributed by atoms with Crippen molar-refractivity contribution in [1.29, 1.82) is 0 Å². The van der Waals surface area contributed by atoms with Gasteiger partial charge in [-0.05, 0) is 60.8 Å². The molecule has 2 aliphatic carbocycles. The molecular formula is C25H27N7O. The molecule has 3 aromatic heterocycles. The van der Waals surface area contributed by atoms with Crippen molar-refractivity contribution in [1.82, 2.24) is 24.7 Å². The SMILES string of the molecule is N[C@@H]1c2ccccc2CC12CCN(c1nc3[nH]nc(C4(n5cccc5)CC4)c3c(=O)[nH]1)CC2. The van der Waals surface area contributed by atoms with Crippen molar-refractivity contribution in [3.63, 3.8) is 0 Å². The fourth-order valence-electron chi connectivity index (χ4n) is 6.24. The molecule has 1 saturated heterocycles. The second-order valence-electron chi connectivity index (χ2n) is 10.0. The van der Waals surface area contributed by atoms with Gasteiger partial charge < -0.3 is 15.2 Å². The molecule has 1 aromatic carbocycles. The topological polar surface area (TPSA) is 109 Å². The number of H-pyrrole nitrogens is 2. The number of nitrogens with one attached hydrogen (secondary N) is 2. The maximum Gasteiger partial charge on any atom is 0.263 e. The molecule has 0 bridgehead atoms. The molecule has 3 aliphatic rings. The fourth-order valence-corrected chi connectivity index (χ4v) is 6.24. The summed E-state index contributed by atoms with van der Waals surface area (Å²) in [6, 6.07) is 12.6. The van der Waals surface area contributed by atoms with E-state index in [4.69, 9.17) is 10.7 Å². The van der Waals surface area contributed by atoms with Crippen molar-refractivity contribution >= 4 is 17.0 Å². The van der Waals surface area contributed by atoms with Gasteiger partial charge in [0.25, 0.3) is 5.56 Å². The number of rotatable bonds is 3. The molecule has 33 heavy (non-hydrogen) atoms. The van der Waals surface area contributed by atoms with Crippen molar-refractivity contribution in [3.05, 3.63) is 76.0 Å². The number of hydrogen-bond acceptors (Lipinski definition) is 5. The van der Waals surface area contributed by atoms with Gasteiger partial charge in [-0.2, -0.15) is 10.1 Å². The summed E-state index contributed by atoms with van der Waals surface area (Å²) in [5.74, 6) is 0.618. The maximum absolute atomic E-state index is 13.2. The van der Waals surface area contributed by atoms with Gasteiger partial charge in [-0.1, -0.05) is 24.3 Å². The lowest BCUT2D eigenvalue weighted by molar-refractivity contribution is 0.187. The fraction of sp³-hybridized carbons (Fsp3) is 0.400. The predicted octanol–water partition coefficient (Wildman–Crippen LogP) is 2.83. The summed E-state index contributed by atoms with van der Waals surface area (Å²) in [4.78, 5) is 23.2. The van der Waals surface area contributed by atoms with Gasteiger partial charge in [0.05, 0.1) is 5.54 Å². The van der Waals surface area contributed by atoms with Crippen molar-refractivity contribution in [2.45, 2.75) is 43.7 Å².